The van der Waals surface area contributed by atoms with Crippen LogP contribution in [0.2, 0.25) is 0 Å². The molecule has 0 saturated carbocycles. The Balaban J connectivity index is 0.0000160. The van der Waals surface area contributed by atoms with E-state index in [-0.39, 0.29) is 49.6 Å². The highest BCUT2D eigenvalue weighted by Gasteiger charge is 2.23. The molecule has 0 atom stereocenters. The Kier molecular flexibility index (Phi) is 28.0. The van der Waals surface area contributed by atoms with Crippen molar-refractivity contribution in [2.45, 2.75) is 137 Å². The van der Waals surface area contributed by atoms with Gasteiger partial charge in [-0.15, -0.1) is 0 Å². The van der Waals surface area contributed by atoms with Crippen LogP contribution in [0.4, 0.5) is 4.79 Å². The average molecular weight is 691 g/mol. The van der Waals surface area contributed by atoms with Crippen molar-refractivity contribution in [1.29, 1.82) is 0 Å². The SMILES string of the molecule is CCCCCCCCCCCCCCCCCCOCCOCCOC(=O)N(Cc1cccc[n+]1CC)C(C)=O.[I-]. The summed E-state index contributed by atoms with van der Waals surface area (Å²) < 4.78 is 18.4. The lowest BCUT2D eigenvalue weighted by Crippen LogP contribution is -3.00. The summed E-state index contributed by atoms with van der Waals surface area (Å²) in [7, 11) is 0. The van der Waals surface area contributed by atoms with E-state index in [0.717, 1.165) is 30.2 Å². The molecule has 0 aliphatic rings. The third-order valence-electron chi connectivity index (χ3n) is 7.26. The first-order valence-corrected chi connectivity index (χ1v) is 16.2. The first kappa shape index (κ1) is 39.7. The van der Waals surface area contributed by atoms with Gasteiger partial charge >= 0.3 is 6.09 Å². The molecule has 0 fully saturated rings. The summed E-state index contributed by atoms with van der Waals surface area (Å²) in [5.41, 5.74) is 0.870. The van der Waals surface area contributed by atoms with Gasteiger partial charge in [-0.2, -0.15) is 0 Å². The molecule has 0 spiro atoms. The molecule has 238 valence electrons. The van der Waals surface area contributed by atoms with E-state index in [0.29, 0.717) is 13.2 Å². The van der Waals surface area contributed by atoms with Crippen LogP contribution in [0.25, 0.3) is 0 Å². The van der Waals surface area contributed by atoms with E-state index in [1.54, 1.807) is 0 Å². The number of nitrogens with zero attached hydrogens (tertiary/aromatic N) is 2. The Bertz CT molecular complexity index is 765. The number of carbonyl (C=O) groups excluding carboxylic acids is 2. The topological polar surface area (TPSA) is 69.0 Å². The van der Waals surface area contributed by atoms with Crippen LogP contribution in [-0.2, 0) is 32.1 Å². The van der Waals surface area contributed by atoms with Gasteiger partial charge in [0, 0.05) is 25.7 Å². The molecule has 2 amide bonds. The van der Waals surface area contributed by atoms with Crippen LogP contribution in [-0.4, -0.2) is 49.9 Å². The maximum Gasteiger partial charge on any atom is 0.417 e. The van der Waals surface area contributed by atoms with Crippen molar-refractivity contribution in [1.82, 2.24) is 4.90 Å². The van der Waals surface area contributed by atoms with Crippen molar-refractivity contribution < 1.29 is 52.3 Å². The molecule has 1 aromatic heterocycles. The van der Waals surface area contributed by atoms with Crippen LogP contribution in [0.3, 0.4) is 0 Å². The maximum absolute atomic E-state index is 12.4. The van der Waals surface area contributed by atoms with E-state index >= 15 is 0 Å². The normalized spacial score (nSPS) is 10.8. The van der Waals surface area contributed by atoms with Crippen LogP contribution in [0.15, 0.2) is 24.4 Å². The summed E-state index contributed by atoms with van der Waals surface area (Å²) >= 11 is 0. The predicted octanol–water partition coefficient (Wildman–Crippen LogP) is 4.78. The summed E-state index contributed by atoms with van der Waals surface area (Å²) in [5, 5.41) is 0. The van der Waals surface area contributed by atoms with Gasteiger partial charge in [-0.25, -0.2) is 14.3 Å². The number of hydrogen-bond acceptors (Lipinski definition) is 5. The highest BCUT2D eigenvalue weighted by Crippen LogP contribution is 2.13. The molecule has 1 heterocycles. The van der Waals surface area contributed by atoms with Gasteiger partial charge in [-0.05, 0) is 13.3 Å². The smallest absolute Gasteiger partial charge is 0.417 e. The Morgan fingerprint density at radius 2 is 1.17 bits per heavy atom. The third kappa shape index (κ3) is 22.0. The van der Waals surface area contributed by atoms with E-state index in [4.69, 9.17) is 14.2 Å². The van der Waals surface area contributed by atoms with E-state index in [2.05, 4.69) is 6.92 Å². The van der Waals surface area contributed by atoms with Gasteiger partial charge < -0.3 is 38.2 Å². The number of ether oxygens (including phenoxy) is 3. The third-order valence-corrected chi connectivity index (χ3v) is 7.26. The number of rotatable bonds is 26. The van der Waals surface area contributed by atoms with Gasteiger partial charge in [0.15, 0.2) is 6.20 Å². The lowest BCUT2D eigenvalue weighted by molar-refractivity contribution is -0.701. The molecule has 0 aromatic carbocycles. The Labute approximate surface area is 268 Å². The monoisotopic (exact) mass is 690 g/mol. The van der Waals surface area contributed by atoms with Crippen molar-refractivity contribution >= 4 is 12.0 Å². The minimum atomic E-state index is -0.651. The maximum atomic E-state index is 12.4. The van der Waals surface area contributed by atoms with Gasteiger partial charge in [0.05, 0.1) is 19.8 Å². The molecule has 0 aliphatic heterocycles. The minimum absolute atomic E-state index is 0. The van der Waals surface area contributed by atoms with Crippen molar-refractivity contribution in [3.05, 3.63) is 30.1 Å². The summed E-state index contributed by atoms with van der Waals surface area (Å²) in [6.45, 7) is 8.75. The number of pyridine rings is 1. The highest BCUT2D eigenvalue weighted by atomic mass is 127. The van der Waals surface area contributed by atoms with E-state index in [9.17, 15) is 9.59 Å². The van der Waals surface area contributed by atoms with Gasteiger partial charge in [-0.1, -0.05) is 109 Å². The van der Waals surface area contributed by atoms with Crippen LogP contribution >= 0.6 is 0 Å². The van der Waals surface area contributed by atoms with Gasteiger partial charge in [0.2, 0.25) is 11.6 Å². The molecule has 0 unspecified atom stereocenters. The molecular weight excluding hydrogens is 631 g/mol. The van der Waals surface area contributed by atoms with Gasteiger partial charge in [-0.3, -0.25) is 4.79 Å². The quantitative estimate of drug-likeness (QED) is 0.0796. The molecule has 0 saturated heterocycles. The molecule has 0 N–H and O–H groups in total. The number of aromatic nitrogens is 1. The molecular formula is C33H59IN2O5. The lowest BCUT2D eigenvalue weighted by atomic mass is 10.0. The molecule has 1 rings (SSSR count). The summed E-state index contributed by atoms with van der Waals surface area (Å²) in [6, 6.07) is 5.71. The Hall–Kier alpha value is -1.26. The first-order chi connectivity index (χ1) is 19.6. The molecule has 0 radical (unpaired) electrons. The number of imide groups is 1. The molecule has 0 aliphatic carbocycles. The molecule has 41 heavy (non-hydrogen) atoms. The fraction of sp³-hybridized carbons (Fsp3) is 0.788. The van der Waals surface area contributed by atoms with Crippen LogP contribution in [0, 0.1) is 0 Å². The van der Waals surface area contributed by atoms with Crippen molar-refractivity contribution in [2.75, 3.05) is 33.0 Å². The number of unbranched alkanes of at least 4 members (excludes halogenated alkanes) is 15. The Morgan fingerprint density at radius 1 is 0.683 bits per heavy atom. The number of hydrogen-bond donors (Lipinski definition) is 0. The lowest BCUT2D eigenvalue weighted by Gasteiger charge is -2.17. The second-order valence-electron chi connectivity index (χ2n) is 10.7. The zero-order valence-electron chi connectivity index (χ0n) is 26.4. The molecule has 8 heteroatoms. The average Bonchev–Trinajstić information content (AvgIpc) is 2.96. The van der Waals surface area contributed by atoms with Crippen LogP contribution in [0.1, 0.15) is 129 Å². The largest absolute Gasteiger partial charge is 1.00 e. The number of aryl methyl sites for hydroxylation is 1. The second-order valence-corrected chi connectivity index (χ2v) is 10.7. The molecule has 0 bridgehead atoms. The van der Waals surface area contributed by atoms with E-state index < -0.39 is 6.09 Å². The zero-order valence-corrected chi connectivity index (χ0v) is 28.5. The molecule has 1 aromatic rings. The van der Waals surface area contributed by atoms with Crippen LogP contribution in [0.5, 0.6) is 0 Å². The van der Waals surface area contributed by atoms with Crippen LogP contribution < -0.4 is 28.5 Å². The zero-order chi connectivity index (χ0) is 29.1. The van der Waals surface area contributed by atoms with E-state index in [1.165, 1.54) is 103 Å². The molecule has 7 nitrogen and oxygen atoms in total. The minimum Gasteiger partial charge on any atom is -1.00 e. The standard InChI is InChI=1S/C33H59N2O5.HI/c1-4-6-7-8-9-10-11-12-13-14-15-16-17-18-19-22-25-38-26-27-39-28-29-40-33(37)35(31(3)36)30-32-23-20-21-24-34(32)5-2;/h20-21,23-24H,4-19,22,25-30H2,1-3H3;1H/q+1;/p-1. The van der Waals surface area contributed by atoms with E-state index in [1.807, 2.05) is 35.9 Å². The van der Waals surface area contributed by atoms with Crippen molar-refractivity contribution in [3.8, 4) is 0 Å². The highest BCUT2D eigenvalue weighted by molar-refractivity contribution is 5.90. The summed E-state index contributed by atoms with van der Waals surface area (Å²) in [4.78, 5) is 25.5. The summed E-state index contributed by atoms with van der Waals surface area (Å²) in [6.07, 6.45) is 23.1. The van der Waals surface area contributed by atoms with Crippen molar-refractivity contribution in [3.63, 3.8) is 0 Å². The Morgan fingerprint density at radius 3 is 1.68 bits per heavy atom. The fourth-order valence-electron chi connectivity index (χ4n) is 4.77. The fourth-order valence-corrected chi connectivity index (χ4v) is 4.77. The number of carbonyl (C=O) groups is 2. The van der Waals surface area contributed by atoms with Gasteiger partial charge in [0.25, 0.3) is 0 Å². The second kappa shape index (κ2) is 28.8. The summed E-state index contributed by atoms with van der Waals surface area (Å²) in [5.74, 6) is -0.347. The first-order valence-electron chi connectivity index (χ1n) is 16.2. The van der Waals surface area contributed by atoms with Gasteiger partial charge in [0.1, 0.15) is 19.7 Å². The number of amides is 2. The van der Waals surface area contributed by atoms with Crippen molar-refractivity contribution in [2.24, 2.45) is 0 Å². The number of halogens is 1. The predicted molar refractivity (Wildman–Crippen MR) is 161 cm³/mol.